The van der Waals surface area contributed by atoms with Crippen LogP contribution in [-0.4, -0.2) is 44.5 Å². The SMILES string of the molecule is CCCCC(CC)c1nnnn1CC(CC(=O)O)OC. The van der Waals surface area contributed by atoms with Crippen molar-refractivity contribution in [2.75, 3.05) is 7.11 Å². The van der Waals surface area contributed by atoms with Gasteiger partial charge in [-0.1, -0.05) is 26.7 Å². The Morgan fingerprint density at radius 2 is 2.20 bits per heavy atom. The second-order valence-corrected chi connectivity index (χ2v) is 4.92. The number of aromatic nitrogens is 4. The molecule has 0 fully saturated rings. The van der Waals surface area contributed by atoms with Crippen LogP contribution in [0.25, 0.3) is 0 Å². The van der Waals surface area contributed by atoms with Crippen LogP contribution in [0.5, 0.6) is 0 Å². The van der Waals surface area contributed by atoms with E-state index in [2.05, 4.69) is 29.4 Å². The number of rotatable bonds is 10. The summed E-state index contributed by atoms with van der Waals surface area (Å²) < 4.78 is 6.87. The average molecular weight is 284 g/mol. The third kappa shape index (κ3) is 4.88. The standard InChI is InChI=1S/C13H24N4O3/c1-4-6-7-10(5-2)13-14-15-16-17(13)9-11(20-3)8-12(18)19/h10-11H,4-9H2,1-3H3,(H,18,19). The lowest BCUT2D eigenvalue weighted by molar-refractivity contribution is -0.140. The number of tetrazole rings is 1. The summed E-state index contributed by atoms with van der Waals surface area (Å²) in [7, 11) is 1.51. The molecule has 0 aromatic carbocycles. The Bertz CT molecular complexity index is 408. The number of carboxylic acids is 1. The molecule has 1 N–H and O–H groups in total. The Labute approximate surface area is 119 Å². The van der Waals surface area contributed by atoms with E-state index < -0.39 is 12.1 Å². The van der Waals surface area contributed by atoms with E-state index in [1.165, 1.54) is 7.11 Å². The fraction of sp³-hybridized carbons (Fsp3) is 0.846. The van der Waals surface area contributed by atoms with E-state index in [1.807, 2.05) is 0 Å². The fourth-order valence-corrected chi connectivity index (χ4v) is 2.21. The Hall–Kier alpha value is -1.50. The van der Waals surface area contributed by atoms with Crippen LogP contribution < -0.4 is 0 Å². The van der Waals surface area contributed by atoms with E-state index in [9.17, 15) is 4.79 Å². The molecule has 20 heavy (non-hydrogen) atoms. The molecule has 0 amide bonds. The normalized spacial score (nSPS) is 14.2. The van der Waals surface area contributed by atoms with Gasteiger partial charge < -0.3 is 9.84 Å². The molecule has 7 heteroatoms. The minimum Gasteiger partial charge on any atom is -0.481 e. The van der Waals surface area contributed by atoms with Gasteiger partial charge in [-0.2, -0.15) is 0 Å². The largest absolute Gasteiger partial charge is 0.481 e. The molecule has 0 saturated heterocycles. The maximum absolute atomic E-state index is 10.8. The van der Waals surface area contributed by atoms with Crippen molar-refractivity contribution in [2.45, 2.75) is 64.5 Å². The number of aliphatic carboxylic acids is 1. The van der Waals surface area contributed by atoms with Gasteiger partial charge in [-0.15, -0.1) is 5.10 Å². The minimum absolute atomic E-state index is 0.0540. The molecule has 0 aliphatic carbocycles. The van der Waals surface area contributed by atoms with Gasteiger partial charge in [-0.3, -0.25) is 4.79 Å². The second kappa shape index (κ2) is 8.63. The zero-order chi connectivity index (χ0) is 15.0. The van der Waals surface area contributed by atoms with E-state index in [4.69, 9.17) is 9.84 Å². The number of carboxylic acid groups (broad SMARTS) is 1. The molecule has 7 nitrogen and oxygen atoms in total. The molecule has 0 aliphatic rings. The maximum atomic E-state index is 10.8. The van der Waals surface area contributed by atoms with Crippen LogP contribution in [-0.2, 0) is 16.1 Å². The molecule has 2 unspecified atom stereocenters. The van der Waals surface area contributed by atoms with Crippen LogP contribution in [0.15, 0.2) is 0 Å². The van der Waals surface area contributed by atoms with Crippen molar-refractivity contribution < 1.29 is 14.6 Å². The molecule has 0 aliphatic heterocycles. The van der Waals surface area contributed by atoms with Crippen molar-refractivity contribution in [3.63, 3.8) is 0 Å². The van der Waals surface area contributed by atoms with Gasteiger partial charge in [0.15, 0.2) is 5.82 Å². The molecule has 1 aromatic heterocycles. The Morgan fingerprint density at radius 3 is 2.75 bits per heavy atom. The third-order valence-corrected chi connectivity index (χ3v) is 3.44. The monoisotopic (exact) mass is 284 g/mol. The van der Waals surface area contributed by atoms with Gasteiger partial charge in [-0.05, 0) is 23.3 Å². The van der Waals surface area contributed by atoms with Crippen molar-refractivity contribution >= 4 is 5.97 Å². The van der Waals surface area contributed by atoms with Crippen LogP contribution in [0.4, 0.5) is 0 Å². The van der Waals surface area contributed by atoms with Crippen LogP contribution in [0.2, 0.25) is 0 Å². The molecule has 114 valence electrons. The van der Waals surface area contributed by atoms with Crippen molar-refractivity contribution in [2.24, 2.45) is 0 Å². The van der Waals surface area contributed by atoms with E-state index in [1.54, 1.807) is 4.68 Å². The summed E-state index contributed by atoms with van der Waals surface area (Å²) in [4.78, 5) is 10.8. The van der Waals surface area contributed by atoms with Gasteiger partial charge in [0.25, 0.3) is 0 Å². The fourth-order valence-electron chi connectivity index (χ4n) is 2.21. The quantitative estimate of drug-likeness (QED) is 0.705. The van der Waals surface area contributed by atoms with Gasteiger partial charge in [0.2, 0.25) is 0 Å². The lowest BCUT2D eigenvalue weighted by Gasteiger charge is -2.17. The average Bonchev–Trinajstić information content (AvgIpc) is 2.86. The summed E-state index contributed by atoms with van der Waals surface area (Å²) in [6, 6.07) is 0. The first-order valence-corrected chi connectivity index (χ1v) is 7.12. The number of unbranched alkanes of at least 4 members (excludes halogenated alkanes) is 1. The highest BCUT2D eigenvalue weighted by molar-refractivity contribution is 5.67. The van der Waals surface area contributed by atoms with Crippen LogP contribution in [0.3, 0.4) is 0 Å². The van der Waals surface area contributed by atoms with Crippen LogP contribution >= 0.6 is 0 Å². The van der Waals surface area contributed by atoms with Crippen molar-refractivity contribution in [1.29, 1.82) is 0 Å². The number of nitrogens with zero attached hydrogens (tertiary/aromatic N) is 4. The first-order chi connectivity index (χ1) is 9.62. The lowest BCUT2D eigenvalue weighted by Crippen LogP contribution is -2.24. The molecule has 1 aromatic rings. The highest BCUT2D eigenvalue weighted by atomic mass is 16.5. The smallest absolute Gasteiger partial charge is 0.306 e. The summed E-state index contributed by atoms with van der Waals surface area (Å²) in [5.41, 5.74) is 0. The number of hydrogen-bond acceptors (Lipinski definition) is 5. The Morgan fingerprint density at radius 1 is 1.45 bits per heavy atom. The first-order valence-electron chi connectivity index (χ1n) is 7.12. The molecule has 0 saturated carbocycles. The van der Waals surface area contributed by atoms with E-state index in [0.717, 1.165) is 31.5 Å². The van der Waals surface area contributed by atoms with E-state index in [0.29, 0.717) is 12.5 Å². The van der Waals surface area contributed by atoms with E-state index >= 15 is 0 Å². The van der Waals surface area contributed by atoms with Gasteiger partial charge in [0.1, 0.15) is 0 Å². The molecule has 0 bridgehead atoms. The lowest BCUT2D eigenvalue weighted by atomic mass is 9.98. The van der Waals surface area contributed by atoms with Gasteiger partial charge in [0.05, 0.1) is 19.1 Å². The number of ether oxygens (including phenoxy) is 1. The zero-order valence-electron chi connectivity index (χ0n) is 12.4. The van der Waals surface area contributed by atoms with E-state index in [-0.39, 0.29) is 6.42 Å². The summed E-state index contributed by atoms with van der Waals surface area (Å²) in [6.45, 7) is 4.64. The Kier molecular flexibility index (Phi) is 7.14. The van der Waals surface area contributed by atoms with Crippen LogP contribution in [0, 0.1) is 0 Å². The topological polar surface area (TPSA) is 90.1 Å². The maximum Gasteiger partial charge on any atom is 0.306 e. The van der Waals surface area contributed by atoms with Crippen molar-refractivity contribution in [3.05, 3.63) is 5.82 Å². The zero-order valence-corrected chi connectivity index (χ0v) is 12.4. The predicted molar refractivity (Wildman–Crippen MR) is 73.4 cm³/mol. The van der Waals surface area contributed by atoms with Gasteiger partial charge >= 0.3 is 5.97 Å². The molecule has 1 heterocycles. The minimum atomic E-state index is -0.885. The number of methoxy groups -OCH3 is 1. The molecule has 2 atom stereocenters. The number of carbonyl (C=O) groups is 1. The Balaban J connectivity index is 2.75. The molecule has 0 radical (unpaired) electrons. The number of hydrogen-bond donors (Lipinski definition) is 1. The summed E-state index contributed by atoms with van der Waals surface area (Å²) in [5.74, 6) is 0.255. The summed E-state index contributed by atoms with van der Waals surface area (Å²) in [5, 5.41) is 20.6. The van der Waals surface area contributed by atoms with Crippen LogP contribution in [0.1, 0.15) is 57.7 Å². The molecular weight excluding hydrogens is 260 g/mol. The summed E-state index contributed by atoms with van der Waals surface area (Å²) >= 11 is 0. The third-order valence-electron chi connectivity index (χ3n) is 3.44. The highest BCUT2D eigenvalue weighted by Gasteiger charge is 2.20. The highest BCUT2D eigenvalue weighted by Crippen LogP contribution is 2.23. The molecule has 0 spiro atoms. The molecular formula is C13H24N4O3. The van der Waals surface area contributed by atoms with Gasteiger partial charge in [0, 0.05) is 13.0 Å². The first kappa shape index (κ1) is 16.6. The predicted octanol–water partition coefficient (Wildman–Crippen LogP) is 1.85. The molecule has 1 rings (SSSR count). The van der Waals surface area contributed by atoms with Gasteiger partial charge in [-0.25, -0.2) is 4.68 Å². The second-order valence-electron chi connectivity index (χ2n) is 4.92. The summed E-state index contributed by atoms with van der Waals surface area (Å²) in [6.07, 6.45) is 3.81. The van der Waals surface area contributed by atoms with Crippen molar-refractivity contribution in [1.82, 2.24) is 20.2 Å². The van der Waals surface area contributed by atoms with Crippen molar-refractivity contribution in [3.8, 4) is 0 Å².